The van der Waals surface area contributed by atoms with Gasteiger partial charge in [0, 0.05) is 38.1 Å². The fourth-order valence-electron chi connectivity index (χ4n) is 3.06. The number of piperazine rings is 1. The van der Waals surface area contributed by atoms with Gasteiger partial charge in [0.15, 0.2) is 17.1 Å². The SMILES string of the molecule is C[C@@H]1CN(c2nccnc2C#N)CCN1c1nc2ccccc2o1. The zero-order chi connectivity index (χ0) is 16.5. The first-order chi connectivity index (χ1) is 11.8. The standard InChI is InChI=1S/C17H16N6O/c1-12-11-22(16-14(10-18)19-6-7-20-16)8-9-23(12)17-21-13-4-2-3-5-15(13)24-17/h2-7,12H,8-9,11H2,1H3/t12-/m1/s1. The molecule has 120 valence electrons. The Bertz CT molecular complexity index is 882. The molecule has 1 aliphatic heterocycles. The highest BCUT2D eigenvalue weighted by Gasteiger charge is 2.29. The van der Waals surface area contributed by atoms with Crippen LogP contribution in [0, 0.1) is 11.3 Å². The highest BCUT2D eigenvalue weighted by atomic mass is 16.4. The van der Waals surface area contributed by atoms with Crippen LogP contribution in [0.3, 0.4) is 0 Å². The first-order valence-corrected chi connectivity index (χ1v) is 7.84. The van der Waals surface area contributed by atoms with Gasteiger partial charge >= 0.3 is 0 Å². The second kappa shape index (κ2) is 5.81. The molecule has 0 spiro atoms. The van der Waals surface area contributed by atoms with E-state index in [9.17, 15) is 5.26 Å². The summed E-state index contributed by atoms with van der Waals surface area (Å²) in [5.41, 5.74) is 2.02. The molecule has 0 amide bonds. The van der Waals surface area contributed by atoms with Crippen molar-refractivity contribution in [2.45, 2.75) is 13.0 Å². The molecule has 1 aliphatic rings. The van der Waals surface area contributed by atoms with Crippen molar-refractivity contribution < 1.29 is 4.42 Å². The summed E-state index contributed by atoms with van der Waals surface area (Å²) in [7, 11) is 0. The Labute approximate surface area is 139 Å². The lowest BCUT2D eigenvalue weighted by atomic mass is 10.2. The van der Waals surface area contributed by atoms with E-state index in [4.69, 9.17) is 4.42 Å². The number of fused-ring (bicyclic) bond motifs is 1. The van der Waals surface area contributed by atoms with Crippen molar-refractivity contribution in [3.63, 3.8) is 0 Å². The summed E-state index contributed by atoms with van der Waals surface area (Å²) < 4.78 is 5.88. The van der Waals surface area contributed by atoms with Gasteiger partial charge < -0.3 is 14.2 Å². The lowest BCUT2D eigenvalue weighted by Crippen LogP contribution is -2.52. The molecule has 0 aliphatic carbocycles. The van der Waals surface area contributed by atoms with Gasteiger partial charge in [0.1, 0.15) is 11.6 Å². The van der Waals surface area contributed by atoms with Gasteiger partial charge in [-0.15, -0.1) is 0 Å². The predicted molar refractivity (Wildman–Crippen MR) is 89.8 cm³/mol. The molecular weight excluding hydrogens is 304 g/mol. The lowest BCUT2D eigenvalue weighted by Gasteiger charge is -2.39. The maximum atomic E-state index is 9.21. The van der Waals surface area contributed by atoms with Crippen LogP contribution in [-0.2, 0) is 0 Å². The second-order valence-electron chi connectivity index (χ2n) is 5.79. The Morgan fingerprint density at radius 2 is 2.04 bits per heavy atom. The van der Waals surface area contributed by atoms with Gasteiger partial charge in [-0.1, -0.05) is 12.1 Å². The smallest absolute Gasteiger partial charge is 0.298 e. The molecule has 0 N–H and O–H groups in total. The van der Waals surface area contributed by atoms with Gasteiger partial charge in [0.25, 0.3) is 6.01 Å². The molecule has 3 heterocycles. The predicted octanol–water partition coefficient (Wildman–Crippen LogP) is 2.20. The zero-order valence-corrected chi connectivity index (χ0v) is 13.3. The fraction of sp³-hybridized carbons (Fsp3) is 0.294. The quantitative estimate of drug-likeness (QED) is 0.716. The molecule has 2 aromatic heterocycles. The van der Waals surface area contributed by atoms with E-state index in [0.717, 1.165) is 30.7 Å². The van der Waals surface area contributed by atoms with Crippen LogP contribution in [0.5, 0.6) is 0 Å². The summed E-state index contributed by atoms with van der Waals surface area (Å²) in [6.45, 7) is 4.32. The zero-order valence-electron chi connectivity index (χ0n) is 13.3. The fourth-order valence-corrected chi connectivity index (χ4v) is 3.06. The number of hydrogen-bond acceptors (Lipinski definition) is 7. The van der Waals surface area contributed by atoms with E-state index < -0.39 is 0 Å². The van der Waals surface area contributed by atoms with E-state index in [0.29, 0.717) is 17.5 Å². The Kier molecular flexibility index (Phi) is 3.50. The summed E-state index contributed by atoms with van der Waals surface area (Å²) in [5.74, 6) is 0.643. The summed E-state index contributed by atoms with van der Waals surface area (Å²) >= 11 is 0. The molecule has 1 atom stereocenters. The molecule has 1 aromatic carbocycles. The number of oxazole rings is 1. The van der Waals surface area contributed by atoms with E-state index in [-0.39, 0.29) is 6.04 Å². The second-order valence-corrected chi connectivity index (χ2v) is 5.79. The average molecular weight is 320 g/mol. The first-order valence-electron chi connectivity index (χ1n) is 7.84. The van der Waals surface area contributed by atoms with Crippen molar-refractivity contribution in [2.24, 2.45) is 0 Å². The normalized spacial score (nSPS) is 17.9. The molecule has 0 unspecified atom stereocenters. The number of benzene rings is 1. The van der Waals surface area contributed by atoms with Crippen molar-refractivity contribution in [1.82, 2.24) is 15.0 Å². The van der Waals surface area contributed by atoms with Crippen molar-refractivity contribution in [3.8, 4) is 6.07 Å². The number of anilines is 2. The van der Waals surface area contributed by atoms with Crippen molar-refractivity contribution in [3.05, 3.63) is 42.4 Å². The number of nitriles is 1. The van der Waals surface area contributed by atoms with Crippen molar-refractivity contribution in [1.29, 1.82) is 5.26 Å². The number of nitrogens with zero attached hydrogens (tertiary/aromatic N) is 6. The first kappa shape index (κ1) is 14.5. The van der Waals surface area contributed by atoms with Crippen LogP contribution in [0.25, 0.3) is 11.1 Å². The van der Waals surface area contributed by atoms with Gasteiger partial charge in [-0.25, -0.2) is 9.97 Å². The van der Waals surface area contributed by atoms with Crippen LogP contribution in [-0.4, -0.2) is 40.6 Å². The Hall–Kier alpha value is -3.14. The van der Waals surface area contributed by atoms with Crippen LogP contribution in [0.1, 0.15) is 12.6 Å². The van der Waals surface area contributed by atoms with E-state index in [1.54, 1.807) is 12.4 Å². The minimum absolute atomic E-state index is 0.181. The van der Waals surface area contributed by atoms with Gasteiger partial charge in [0.2, 0.25) is 0 Å². The molecule has 1 saturated heterocycles. The third-order valence-corrected chi connectivity index (χ3v) is 4.24. The van der Waals surface area contributed by atoms with Gasteiger partial charge in [-0.3, -0.25) is 0 Å². The highest BCUT2D eigenvalue weighted by Crippen LogP contribution is 2.26. The molecule has 0 saturated carbocycles. The van der Waals surface area contributed by atoms with Crippen LogP contribution < -0.4 is 9.80 Å². The number of rotatable bonds is 2. The highest BCUT2D eigenvalue weighted by molar-refractivity contribution is 5.74. The number of hydrogen-bond donors (Lipinski definition) is 0. The molecule has 0 bridgehead atoms. The van der Waals surface area contributed by atoms with Crippen LogP contribution in [0.4, 0.5) is 11.8 Å². The summed E-state index contributed by atoms with van der Waals surface area (Å²) in [6, 6.07) is 10.7. The summed E-state index contributed by atoms with van der Waals surface area (Å²) in [6.07, 6.45) is 3.16. The van der Waals surface area contributed by atoms with Crippen LogP contribution >= 0.6 is 0 Å². The van der Waals surface area contributed by atoms with E-state index in [1.165, 1.54) is 0 Å². The number of aromatic nitrogens is 3. The lowest BCUT2D eigenvalue weighted by molar-refractivity contribution is 0.484. The Morgan fingerprint density at radius 1 is 1.21 bits per heavy atom. The van der Waals surface area contributed by atoms with Gasteiger partial charge in [-0.2, -0.15) is 10.2 Å². The average Bonchev–Trinajstić information content (AvgIpc) is 3.05. The maximum Gasteiger partial charge on any atom is 0.298 e. The largest absolute Gasteiger partial charge is 0.423 e. The van der Waals surface area contributed by atoms with Crippen molar-refractivity contribution >= 4 is 22.9 Å². The van der Waals surface area contributed by atoms with Crippen molar-refractivity contribution in [2.75, 3.05) is 29.4 Å². The molecule has 3 aromatic rings. The molecular formula is C17H16N6O. The minimum atomic E-state index is 0.181. The van der Waals surface area contributed by atoms with E-state index in [1.807, 2.05) is 24.3 Å². The van der Waals surface area contributed by atoms with Gasteiger partial charge in [-0.05, 0) is 19.1 Å². The molecule has 0 radical (unpaired) electrons. The van der Waals surface area contributed by atoms with Gasteiger partial charge in [0.05, 0.1) is 0 Å². The monoisotopic (exact) mass is 320 g/mol. The van der Waals surface area contributed by atoms with E-state index in [2.05, 4.69) is 37.7 Å². The molecule has 1 fully saturated rings. The molecule has 24 heavy (non-hydrogen) atoms. The summed E-state index contributed by atoms with van der Waals surface area (Å²) in [4.78, 5) is 17.2. The Balaban J connectivity index is 1.57. The Morgan fingerprint density at radius 3 is 2.83 bits per heavy atom. The molecule has 7 heteroatoms. The maximum absolute atomic E-state index is 9.21. The minimum Gasteiger partial charge on any atom is -0.423 e. The number of para-hydroxylation sites is 2. The third-order valence-electron chi connectivity index (χ3n) is 4.24. The van der Waals surface area contributed by atoms with Crippen LogP contribution in [0.2, 0.25) is 0 Å². The molecule has 4 rings (SSSR count). The summed E-state index contributed by atoms with van der Waals surface area (Å²) in [5, 5.41) is 9.21. The topological polar surface area (TPSA) is 82.1 Å². The van der Waals surface area contributed by atoms with E-state index >= 15 is 0 Å². The van der Waals surface area contributed by atoms with Crippen LogP contribution in [0.15, 0.2) is 41.1 Å². The third kappa shape index (κ3) is 2.42. The molecule has 7 nitrogen and oxygen atoms in total.